The van der Waals surface area contributed by atoms with Crippen LogP contribution in [-0.2, 0) is 10.0 Å². The zero-order chi connectivity index (χ0) is 13.3. The van der Waals surface area contributed by atoms with Crippen LogP contribution in [0.1, 0.15) is 5.56 Å². The number of rotatable bonds is 2. The van der Waals surface area contributed by atoms with E-state index < -0.39 is 10.0 Å². The SMILES string of the molecule is Cc1c(Cl)cccc1S(=O)(=O)N1CCN(C)CC1. The molecule has 1 aliphatic heterocycles. The predicted molar refractivity (Wildman–Crippen MR) is 72.4 cm³/mol. The molecular weight excluding hydrogens is 272 g/mol. The molecule has 0 atom stereocenters. The van der Waals surface area contributed by atoms with Gasteiger partial charge in [-0.15, -0.1) is 0 Å². The van der Waals surface area contributed by atoms with Crippen LogP contribution in [0.25, 0.3) is 0 Å². The lowest BCUT2D eigenvalue weighted by Crippen LogP contribution is -2.47. The first-order valence-corrected chi connectivity index (χ1v) is 7.68. The van der Waals surface area contributed by atoms with Gasteiger partial charge in [0.05, 0.1) is 4.90 Å². The molecule has 1 heterocycles. The molecule has 1 aliphatic rings. The van der Waals surface area contributed by atoms with Crippen LogP contribution in [0.3, 0.4) is 0 Å². The van der Waals surface area contributed by atoms with E-state index in [0.717, 1.165) is 13.1 Å². The standard InChI is InChI=1S/C12H17ClN2O2S/c1-10-11(13)4-3-5-12(10)18(16,17)15-8-6-14(2)7-9-15/h3-5H,6-9H2,1-2H3. The first kappa shape index (κ1) is 13.8. The highest BCUT2D eigenvalue weighted by Crippen LogP contribution is 2.25. The molecule has 1 saturated heterocycles. The maximum atomic E-state index is 12.5. The van der Waals surface area contributed by atoms with Crippen LogP contribution in [0.4, 0.5) is 0 Å². The maximum Gasteiger partial charge on any atom is 0.243 e. The van der Waals surface area contributed by atoms with Gasteiger partial charge in [0, 0.05) is 31.2 Å². The molecule has 0 amide bonds. The van der Waals surface area contributed by atoms with Crippen molar-refractivity contribution in [3.63, 3.8) is 0 Å². The lowest BCUT2D eigenvalue weighted by Gasteiger charge is -2.31. The summed E-state index contributed by atoms with van der Waals surface area (Å²) in [4.78, 5) is 2.44. The van der Waals surface area contributed by atoms with Gasteiger partial charge in [-0.3, -0.25) is 0 Å². The van der Waals surface area contributed by atoms with Crippen LogP contribution in [0.15, 0.2) is 23.1 Å². The van der Waals surface area contributed by atoms with Crippen molar-refractivity contribution in [2.45, 2.75) is 11.8 Å². The van der Waals surface area contributed by atoms with Crippen molar-refractivity contribution >= 4 is 21.6 Å². The number of piperazine rings is 1. The van der Waals surface area contributed by atoms with Crippen LogP contribution >= 0.6 is 11.6 Å². The summed E-state index contributed by atoms with van der Waals surface area (Å²) in [6.45, 7) is 4.33. The lowest BCUT2D eigenvalue weighted by atomic mass is 10.2. The van der Waals surface area contributed by atoms with E-state index in [1.807, 2.05) is 7.05 Å². The Bertz CT molecular complexity index is 537. The molecule has 0 saturated carbocycles. The van der Waals surface area contributed by atoms with Gasteiger partial charge in [-0.05, 0) is 31.7 Å². The van der Waals surface area contributed by atoms with E-state index in [-0.39, 0.29) is 0 Å². The summed E-state index contributed by atoms with van der Waals surface area (Å²) in [6.07, 6.45) is 0. The summed E-state index contributed by atoms with van der Waals surface area (Å²) in [5.41, 5.74) is 0.623. The van der Waals surface area contributed by atoms with Gasteiger partial charge in [-0.2, -0.15) is 4.31 Å². The summed E-state index contributed by atoms with van der Waals surface area (Å²) in [5, 5.41) is 0.491. The topological polar surface area (TPSA) is 40.6 Å². The molecule has 0 aliphatic carbocycles. The van der Waals surface area contributed by atoms with E-state index in [1.54, 1.807) is 25.1 Å². The van der Waals surface area contributed by atoms with E-state index >= 15 is 0 Å². The van der Waals surface area contributed by atoms with Crippen molar-refractivity contribution < 1.29 is 8.42 Å². The molecule has 0 aromatic heterocycles. The number of nitrogens with zero attached hydrogens (tertiary/aromatic N) is 2. The van der Waals surface area contributed by atoms with Gasteiger partial charge in [-0.1, -0.05) is 17.7 Å². The number of hydrogen-bond donors (Lipinski definition) is 0. The summed E-state index contributed by atoms with van der Waals surface area (Å²) in [7, 11) is -1.42. The van der Waals surface area contributed by atoms with Gasteiger partial charge in [-0.25, -0.2) is 8.42 Å². The maximum absolute atomic E-state index is 12.5. The molecule has 0 radical (unpaired) electrons. The largest absolute Gasteiger partial charge is 0.304 e. The average molecular weight is 289 g/mol. The van der Waals surface area contributed by atoms with E-state index in [2.05, 4.69) is 4.90 Å². The predicted octanol–water partition coefficient (Wildman–Crippen LogP) is 1.58. The lowest BCUT2D eigenvalue weighted by molar-refractivity contribution is 0.222. The van der Waals surface area contributed by atoms with Crippen molar-refractivity contribution in [1.82, 2.24) is 9.21 Å². The number of sulfonamides is 1. The minimum Gasteiger partial charge on any atom is -0.304 e. The van der Waals surface area contributed by atoms with Crippen molar-refractivity contribution in [3.8, 4) is 0 Å². The third-order valence-electron chi connectivity index (χ3n) is 3.30. The molecule has 0 bridgehead atoms. The Kier molecular flexibility index (Phi) is 3.96. The van der Waals surface area contributed by atoms with Crippen LogP contribution < -0.4 is 0 Å². The van der Waals surface area contributed by atoms with Crippen LogP contribution in [0, 0.1) is 6.92 Å². The van der Waals surface area contributed by atoms with Gasteiger partial charge in [0.25, 0.3) is 0 Å². The monoisotopic (exact) mass is 288 g/mol. The zero-order valence-corrected chi connectivity index (χ0v) is 12.1. The second kappa shape index (κ2) is 5.17. The highest BCUT2D eigenvalue weighted by molar-refractivity contribution is 7.89. The Hall–Kier alpha value is -0.620. The summed E-state index contributed by atoms with van der Waals surface area (Å²) >= 11 is 5.99. The number of hydrogen-bond acceptors (Lipinski definition) is 3. The van der Waals surface area contributed by atoms with E-state index in [4.69, 9.17) is 11.6 Å². The molecular formula is C12H17ClN2O2S. The fraction of sp³-hybridized carbons (Fsp3) is 0.500. The average Bonchev–Trinajstić information content (AvgIpc) is 2.33. The first-order chi connectivity index (χ1) is 8.43. The van der Waals surface area contributed by atoms with E-state index in [1.165, 1.54) is 4.31 Å². The van der Waals surface area contributed by atoms with Gasteiger partial charge in [0.15, 0.2) is 0 Å². The number of likely N-dealkylation sites (N-methyl/N-ethyl adjacent to an activating group) is 1. The fourth-order valence-electron chi connectivity index (χ4n) is 2.03. The Morgan fingerprint density at radius 1 is 1.17 bits per heavy atom. The van der Waals surface area contributed by atoms with Crippen LogP contribution in [-0.4, -0.2) is 50.8 Å². The van der Waals surface area contributed by atoms with Crippen molar-refractivity contribution in [2.24, 2.45) is 0 Å². The van der Waals surface area contributed by atoms with Gasteiger partial charge < -0.3 is 4.90 Å². The molecule has 6 heteroatoms. The summed E-state index contributed by atoms with van der Waals surface area (Å²) in [6, 6.07) is 5.01. The number of benzene rings is 1. The zero-order valence-electron chi connectivity index (χ0n) is 10.6. The Balaban J connectivity index is 2.34. The Morgan fingerprint density at radius 2 is 1.78 bits per heavy atom. The summed E-state index contributed by atoms with van der Waals surface area (Å²) in [5.74, 6) is 0. The quantitative estimate of drug-likeness (QED) is 0.830. The van der Waals surface area contributed by atoms with E-state index in [0.29, 0.717) is 28.6 Å². The molecule has 1 aromatic carbocycles. The molecule has 1 fully saturated rings. The second-order valence-electron chi connectivity index (χ2n) is 4.57. The molecule has 100 valence electrons. The van der Waals surface area contributed by atoms with Crippen LogP contribution in [0.2, 0.25) is 5.02 Å². The molecule has 2 rings (SSSR count). The minimum atomic E-state index is -3.42. The van der Waals surface area contributed by atoms with Crippen molar-refractivity contribution in [2.75, 3.05) is 33.2 Å². The normalized spacial score (nSPS) is 19.1. The molecule has 4 nitrogen and oxygen atoms in total. The van der Waals surface area contributed by atoms with Gasteiger partial charge in [0.2, 0.25) is 10.0 Å². The van der Waals surface area contributed by atoms with Crippen molar-refractivity contribution in [1.29, 1.82) is 0 Å². The van der Waals surface area contributed by atoms with Gasteiger partial charge >= 0.3 is 0 Å². The van der Waals surface area contributed by atoms with Crippen molar-refractivity contribution in [3.05, 3.63) is 28.8 Å². The Labute approximate surface area is 113 Å². The smallest absolute Gasteiger partial charge is 0.243 e. The second-order valence-corrected chi connectivity index (χ2v) is 6.88. The molecule has 18 heavy (non-hydrogen) atoms. The Morgan fingerprint density at radius 3 is 2.39 bits per heavy atom. The first-order valence-electron chi connectivity index (χ1n) is 5.87. The van der Waals surface area contributed by atoms with E-state index in [9.17, 15) is 8.42 Å². The number of halogens is 1. The third kappa shape index (κ3) is 2.54. The highest BCUT2D eigenvalue weighted by atomic mass is 35.5. The van der Waals surface area contributed by atoms with Crippen LogP contribution in [0.5, 0.6) is 0 Å². The molecule has 0 spiro atoms. The fourth-order valence-corrected chi connectivity index (χ4v) is 3.93. The highest BCUT2D eigenvalue weighted by Gasteiger charge is 2.28. The minimum absolute atomic E-state index is 0.319. The summed E-state index contributed by atoms with van der Waals surface area (Å²) < 4.78 is 26.6. The van der Waals surface area contributed by atoms with Gasteiger partial charge in [0.1, 0.15) is 0 Å². The molecule has 1 aromatic rings. The molecule has 0 N–H and O–H groups in total. The third-order valence-corrected chi connectivity index (χ3v) is 5.75. The molecule has 0 unspecified atom stereocenters.